The smallest absolute Gasteiger partial charge is 0.145 e. The van der Waals surface area contributed by atoms with E-state index < -0.39 is 5.82 Å². The van der Waals surface area contributed by atoms with Gasteiger partial charge in [0.25, 0.3) is 0 Å². The molecule has 0 aliphatic rings. The van der Waals surface area contributed by atoms with Crippen molar-refractivity contribution in [3.63, 3.8) is 0 Å². The Morgan fingerprint density at radius 3 is 2.37 bits per heavy atom. The fourth-order valence-corrected chi connectivity index (χ4v) is 2.93. The largest absolute Gasteiger partial charge is 0.379 e. The van der Waals surface area contributed by atoms with E-state index >= 15 is 0 Å². The van der Waals surface area contributed by atoms with Gasteiger partial charge in [-0.2, -0.15) is 5.26 Å². The summed E-state index contributed by atoms with van der Waals surface area (Å²) in [5.41, 5.74) is 1.37. The van der Waals surface area contributed by atoms with Gasteiger partial charge in [0.05, 0.1) is 11.3 Å². The summed E-state index contributed by atoms with van der Waals surface area (Å²) in [7, 11) is 0. The Balaban J connectivity index is 2.22. The van der Waals surface area contributed by atoms with Crippen molar-refractivity contribution >= 4 is 37.5 Å². The molecule has 0 aromatic heterocycles. The lowest BCUT2D eigenvalue weighted by atomic mass is 10.1. The summed E-state index contributed by atoms with van der Waals surface area (Å²) in [5, 5.41) is 11.9. The van der Waals surface area contributed by atoms with Crippen LogP contribution in [0.3, 0.4) is 0 Å². The van der Waals surface area contributed by atoms with E-state index in [0.29, 0.717) is 12.1 Å². The number of halogens is 3. The number of para-hydroxylation sites is 1. The van der Waals surface area contributed by atoms with Crippen molar-refractivity contribution in [1.82, 2.24) is 0 Å². The van der Waals surface area contributed by atoms with Gasteiger partial charge >= 0.3 is 0 Å². The summed E-state index contributed by atoms with van der Waals surface area (Å²) in [6.45, 7) is 0.308. The van der Waals surface area contributed by atoms with E-state index in [1.807, 2.05) is 24.3 Å². The van der Waals surface area contributed by atoms with E-state index in [-0.39, 0.29) is 5.56 Å². The first-order valence-electron chi connectivity index (χ1n) is 5.49. The molecule has 2 aromatic carbocycles. The van der Waals surface area contributed by atoms with Gasteiger partial charge in [-0.15, -0.1) is 0 Å². The molecule has 19 heavy (non-hydrogen) atoms. The van der Waals surface area contributed by atoms with Gasteiger partial charge in [0.15, 0.2) is 0 Å². The van der Waals surface area contributed by atoms with Crippen molar-refractivity contribution in [2.45, 2.75) is 6.54 Å². The minimum Gasteiger partial charge on any atom is -0.379 e. The molecule has 0 aliphatic heterocycles. The van der Waals surface area contributed by atoms with E-state index in [4.69, 9.17) is 5.26 Å². The molecule has 0 fully saturated rings. The van der Waals surface area contributed by atoms with Crippen LogP contribution >= 0.6 is 31.9 Å². The predicted molar refractivity (Wildman–Crippen MR) is 80.3 cm³/mol. The zero-order valence-electron chi connectivity index (χ0n) is 9.75. The summed E-state index contributed by atoms with van der Waals surface area (Å²) >= 11 is 6.86. The SMILES string of the molecule is N#Cc1cccc(CNc2c(Br)cccc2Br)c1F. The van der Waals surface area contributed by atoms with Gasteiger partial charge in [0.1, 0.15) is 11.9 Å². The van der Waals surface area contributed by atoms with Gasteiger partial charge in [-0.05, 0) is 50.1 Å². The third-order valence-corrected chi connectivity index (χ3v) is 3.94. The van der Waals surface area contributed by atoms with Crippen LogP contribution in [-0.2, 0) is 6.54 Å². The van der Waals surface area contributed by atoms with Crippen molar-refractivity contribution in [3.8, 4) is 6.07 Å². The molecule has 2 nitrogen and oxygen atoms in total. The topological polar surface area (TPSA) is 35.8 Å². The molecule has 0 saturated heterocycles. The third-order valence-electron chi connectivity index (χ3n) is 2.62. The maximum Gasteiger partial charge on any atom is 0.145 e. The zero-order valence-corrected chi connectivity index (χ0v) is 12.9. The lowest BCUT2D eigenvalue weighted by Gasteiger charge is -2.11. The van der Waals surface area contributed by atoms with Gasteiger partial charge in [-0.25, -0.2) is 4.39 Å². The number of nitrogens with one attached hydrogen (secondary N) is 1. The Hall–Kier alpha value is -1.38. The minimum atomic E-state index is -0.472. The quantitative estimate of drug-likeness (QED) is 0.823. The fourth-order valence-electron chi connectivity index (χ4n) is 1.65. The van der Waals surface area contributed by atoms with Crippen LogP contribution in [0.1, 0.15) is 11.1 Å². The van der Waals surface area contributed by atoms with E-state index in [1.165, 1.54) is 6.07 Å². The molecular weight excluding hydrogens is 375 g/mol. The molecule has 96 valence electrons. The number of anilines is 1. The molecular formula is C14H9Br2FN2. The molecule has 0 spiro atoms. The highest BCUT2D eigenvalue weighted by Crippen LogP contribution is 2.31. The highest BCUT2D eigenvalue weighted by atomic mass is 79.9. The third kappa shape index (κ3) is 3.14. The second kappa shape index (κ2) is 6.18. The Morgan fingerprint density at radius 1 is 1.11 bits per heavy atom. The molecule has 2 rings (SSSR count). The van der Waals surface area contributed by atoms with Crippen molar-refractivity contribution in [2.75, 3.05) is 5.32 Å². The van der Waals surface area contributed by atoms with Crippen molar-refractivity contribution in [3.05, 3.63) is 62.3 Å². The standard InChI is InChI=1S/C14H9Br2FN2/c15-11-5-2-6-12(16)14(11)19-8-10-4-1-3-9(7-18)13(10)17/h1-6,19H,8H2. The highest BCUT2D eigenvalue weighted by molar-refractivity contribution is 9.11. The van der Waals surface area contributed by atoms with Gasteiger partial charge < -0.3 is 5.32 Å². The molecule has 0 saturated carbocycles. The van der Waals surface area contributed by atoms with Crippen LogP contribution in [0.2, 0.25) is 0 Å². The predicted octanol–water partition coefficient (Wildman–Crippen LogP) is 4.83. The molecule has 0 unspecified atom stereocenters. The first kappa shape index (κ1) is 14.0. The summed E-state index contributed by atoms with van der Waals surface area (Å²) in [6.07, 6.45) is 0. The van der Waals surface area contributed by atoms with E-state index in [0.717, 1.165) is 14.6 Å². The molecule has 0 aliphatic carbocycles. The molecule has 1 N–H and O–H groups in total. The second-order valence-electron chi connectivity index (χ2n) is 3.84. The molecule has 0 bridgehead atoms. The number of nitrogens with zero attached hydrogens (tertiary/aromatic N) is 1. The van der Waals surface area contributed by atoms with Crippen LogP contribution in [0, 0.1) is 17.1 Å². The first-order valence-corrected chi connectivity index (χ1v) is 7.07. The number of hydrogen-bond donors (Lipinski definition) is 1. The van der Waals surface area contributed by atoms with Crippen LogP contribution in [0.15, 0.2) is 45.3 Å². The normalized spacial score (nSPS) is 10.0. The zero-order chi connectivity index (χ0) is 13.8. The van der Waals surface area contributed by atoms with Crippen molar-refractivity contribution in [2.24, 2.45) is 0 Å². The summed E-state index contributed by atoms with van der Waals surface area (Å²) < 4.78 is 15.7. The molecule has 0 amide bonds. The Morgan fingerprint density at radius 2 is 1.74 bits per heavy atom. The molecule has 0 atom stereocenters. The van der Waals surface area contributed by atoms with Crippen LogP contribution in [0.5, 0.6) is 0 Å². The second-order valence-corrected chi connectivity index (χ2v) is 5.55. The molecule has 0 heterocycles. The van der Waals surface area contributed by atoms with E-state index in [1.54, 1.807) is 12.1 Å². The average Bonchev–Trinajstić information content (AvgIpc) is 2.40. The summed E-state index contributed by atoms with van der Waals surface area (Å²) in [5.74, 6) is -0.472. The molecule has 0 radical (unpaired) electrons. The van der Waals surface area contributed by atoms with Crippen LogP contribution in [-0.4, -0.2) is 0 Å². The summed E-state index contributed by atoms with van der Waals surface area (Å²) in [6, 6.07) is 12.3. The monoisotopic (exact) mass is 382 g/mol. The maximum absolute atomic E-state index is 13.9. The number of nitriles is 1. The van der Waals surface area contributed by atoms with E-state index in [2.05, 4.69) is 37.2 Å². The highest BCUT2D eigenvalue weighted by Gasteiger charge is 2.09. The summed E-state index contributed by atoms with van der Waals surface area (Å²) in [4.78, 5) is 0. The van der Waals surface area contributed by atoms with Gasteiger partial charge in [0, 0.05) is 21.1 Å². The number of benzene rings is 2. The van der Waals surface area contributed by atoms with Crippen LogP contribution in [0.25, 0.3) is 0 Å². The van der Waals surface area contributed by atoms with Crippen LogP contribution in [0.4, 0.5) is 10.1 Å². The molecule has 5 heteroatoms. The number of hydrogen-bond acceptors (Lipinski definition) is 2. The minimum absolute atomic E-state index is 0.0606. The molecule has 2 aromatic rings. The maximum atomic E-state index is 13.9. The Labute approximate surface area is 127 Å². The average molecular weight is 384 g/mol. The Kier molecular flexibility index (Phi) is 4.56. The Bertz CT molecular complexity index is 630. The lowest BCUT2D eigenvalue weighted by Crippen LogP contribution is -2.04. The fraction of sp³-hybridized carbons (Fsp3) is 0.0714. The van der Waals surface area contributed by atoms with Gasteiger partial charge in [0.2, 0.25) is 0 Å². The van der Waals surface area contributed by atoms with Gasteiger partial charge in [-0.1, -0.05) is 18.2 Å². The van der Waals surface area contributed by atoms with Crippen molar-refractivity contribution in [1.29, 1.82) is 5.26 Å². The van der Waals surface area contributed by atoms with Gasteiger partial charge in [-0.3, -0.25) is 0 Å². The van der Waals surface area contributed by atoms with E-state index in [9.17, 15) is 4.39 Å². The first-order chi connectivity index (χ1) is 9.13. The van der Waals surface area contributed by atoms with Crippen LogP contribution < -0.4 is 5.32 Å². The van der Waals surface area contributed by atoms with Crippen molar-refractivity contribution < 1.29 is 4.39 Å². The number of rotatable bonds is 3. The lowest BCUT2D eigenvalue weighted by molar-refractivity contribution is 0.609.